The van der Waals surface area contributed by atoms with Crippen LogP contribution in [0.15, 0.2) is 53.1 Å². The molecule has 1 saturated heterocycles. The maximum Gasteiger partial charge on any atom is 0.244 e. The minimum atomic E-state index is -3.67. The summed E-state index contributed by atoms with van der Waals surface area (Å²) in [7, 11) is 1.78. The Balaban J connectivity index is 1.54. The molecule has 1 aromatic carbocycles. The number of anilines is 1. The lowest BCUT2D eigenvalue weighted by atomic mass is 10.0. The van der Waals surface area contributed by atoms with E-state index in [2.05, 4.69) is 22.1 Å². The molecule has 184 valence electrons. The lowest BCUT2D eigenvalue weighted by Crippen LogP contribution is -2.43. The molecule has 35 heavy (non-hydrogen) atoms. The average Bonchev–Trinajstić information content (AvgIpc) is 3.19. The number of hydrazone groups is 1. The van der Waals surface area contributed by atoms with Crippen LogP contribution in [0.4, 0.5) is 5.82 Å². The maximum atomic E-state index is 13.1. The molecule has 0 saturated carbocycles. The summed E-state index contributed by atoms with van der Waals surface area (Å²) < 4.78 is 29.4. The number of sulfonamides is 1. The molecular weight excluding hydrogens is 485 g/mol. The second-order valence-corrected chi connectivity index (χ2v) is 11.2. The summed E-state index contributed by atoms with van der Waals surface area (Å²) in [4.78, 5) is 4.82. The van der Waals surface area contributed by atoms with Gasteiger partial charge in [0.05, 0.1) is 16.3 Å². The van der Waals surface area contributed by atoms with Crippen molar-refractivity contribution >= 4 is 52.1 Å². The first kappa shape index (κ1) is 25.2. The van der Waals surface area contributed by atoms with E-state index < -0.39 is 10.0 Å². The molecule has 1 aliphatic heterocycles. The summed E-state index contributed by atoms with van der Waals surface area (Å²) in [5, 5.41) is 14.4. The number of rotatable bonds is 7. The molecule has 1 N–H and O–H groups in total. The molecule has 0 aliphatic carbocycles. The topological polar surface area (TPSA) is 95.2 Å². The Hall–Kier alpha value is -2.89. The zero-order valence-corrected chi connectivity index (χ0v) is 21.9. The van der Waals surface area contributed by atoms with Crippen molar-refractivity contribution in [1.29, 1.82) is 0 Å². The first-order chi connectivity index (χ1) is 16.6. The summed E-state index contributed by atoms with van der Waals surface area (Å²) in [5.41, 5.74) is 3.68. The third-order valence-corrected chi connectivity index (χ3v) is 8.30. The predicted molar refractivity (Wildman–Crippen MR) is 145 cm³/mol. The second kappa shape index (κ2) is 10.0. The molecule has 3 aromatic rings. The van der Waals surface area contributed by atoms with Gasteiger partial charge in [-0.15, -0.1) is 0 Å². The van der Waals surface area contributed by atoms with Crippen LogP contribution in [0.3, 0.4) is 0 Å². The summed E-state index contributed by atoms with van der Waals surface area (Å²) in [6.45, 7) is 6.22. The number of nitrogens with zero attached hydrogens (tertiary/aromatic N) is 6. The van der Waals surface area contributed by atoms with Gasteiger partial charge in [0, 0.05) is 56.1 Å². The van der Waals surface area contributed by atoms with E-state index in [1.807, 2.05) is 38.2 Å². The van der Waals surface area contributed by atoms with Gasteiger partial charge < -0.3 is 10.3 Å². The van der Waals surface area contributed by atoms with E-state index in [1.54, 1.807) is 36.7 Å². The molecule has 3 heterocycles. The molecule has 0 amide bonds. The normalized spacial score (nSPS) is 15.9. The Kier molecular flexibility index (Phi) is 7.21. The van der Waals surface area contributed by atoms with E-state index in [9.17, 15) is 8.42 Å². The fraction of sp³-hybridized carbons (Fsp3) is 0.348. The van der Waals surface area contributed by atoms with Crippen LogP contribution >= 0.6 is 11.6 Å². The van der Waals surface area contributed by atoms with Crippen molar-refractivity contribution in [2.75, 3.05) is 32.5 Å². The van der Waals surface area contributed by atoms with Gasteiger partial charge in [0.1, 0.15) is 13.7 Å². The van der Waals surface area contributed by atoms with Crippen molar-refractivity contribution in [1.82, 2.24) is 23.9 Å². The third-order valence-electron chi connectivity index (χ3n) is 6.01. The largest absolute Gasteiger partial charge is 0.367 e. The number of halogens is 1. The minimum absolute atomic E-state index is 0.0323. The Bertz CT molecular complexity index is 1400. The number of hydrogen-bond acceptors (Lipinski definition) is 7. The summed E-state index contributed by atoms with van der Waals surface area (Å²) in [5.74, 6) is 0.790. The minimum Gasteiger partial charge on any atom is -0.367 e. The number of allylic oxidation sites excluding steroid dienone is 1. The van der Waals surface area contributed by atoms with E-state index in [1.165, 1.54) is 4.31 Å². The highest BCUT2D eigenvalue weighted by atomic mass is 35.5. The number of piperidine rings is 1. The van der Waals surface area contributed by atoms with Crippen LogP contribution in [0.25, 0.3) is 16.9 Å². The van der Waals surface area contributed by atoms with Crippen molar-refractivity contribution in [3.63, 3.8) is 0 Å². The second-order valence-electron chi connectivity index (χ2n) is 8.85. The molecule has 0 atom stereocenters. The van der Waals surface area contributed by atoms with Crippen molar-refractivity contribution in [2.24, 2.45) is 5.10 Å². The van der Waals surface area contributed by atoms with Crippen LogP contribution in [0, 0.1) is 0 Å². The highest BCUT2D eigenvalue weighted by Gasteiger charge is 2.31. The van der Waals surface area contributed by atoms with Crippen LogP contribution < -0.4 is 10.8 Å². The molecule has 0 radical (unpaired) electrons. The van der Waals surface area contributed by atoms with Gasteiger partial charge in [-0.1, -0.05) is 36.4 Å². The van der Waals surface area contributed by atoms with Gasteiger partial charge in [-0.3, -0.25) is 0 Å². The monoisotopic (exact) mass is 513 g/mol. The van der Waals surface area contributed by atoms with E-state index >= 15 is 0 Å². The standard InChI is InChI=1S/C23H29BClN7O2S/c1-15(29-30(3)4)16(2)35(33,34)31-11-9-17(10-12-31)27-22-13-21(18-7-5-6-8-20(18)25)28-23-19(24)14-26-32(22)23/h5-8,13-14,17,27H,2,9-12,24H2,1,3-4H3/b29-15-. The zero-order valence-electron chi connectivity index (χ0n) is 20.4. The third kappa shape index (κ3) is 5.22. The highest BCUT2D eigenvalue weighted by molar-refractivity contribution is 7.94. The lowest BCUT2D eigenvalue weighted by molar-refractivity contribution is 0.332. The Morgan fingerprint density at radius 3 is 2.63 bits per heavy atom. The van der Waals surface area contributed by atoms with Crippen molar-refractivity contribution in [3.05, 3.63) is 53.0 Å². The Labute approximate surface area is 211 Å². The Morgan fingerprint density at radius 2 is 1.97 bits per heavy atom. The van der Waals surface area contributed by atoms with Crippen molar-refractivity contribution in [3.8, 4) is 11.3 Å². The predicted octanol–water partition coefficient (Wildman–Crippen LogP) is 1.97. The smallest absolute Gasteiger partial charge is 0.244 e. The van der Waals surface area contributed by atoms with Crippen LogP contribution in [0.1, 0.15) is 19.8 Å². The van der Waals surface area contributed by atoms with Crippen LogP contribution in [-0.4, -0.2) is 79.1 Å². The molecule has 2 aromatic heterocycles. The average molecular weight is 514 g/mol. The first-order valence-corrected chi connectivity index (χ1v) is 13.2. The number of nitrogens with one attached hydrogen (secondary N) is 1. The number of aromatic nitrogens is 3. The SMILES string of the molecule is Bc1cnn2c(NC3CCN(S(=O)(=O)C(=C)/C(C)=N\N(C)C)CC3)cc(-c3ccccc3Cl)nc12. The molecular formula is C23H29BClN7O2S. The van der Waals surface area contributed by atoms with Gasteiger partial charge >= 0.3 is 0 Å². The molecule has 0 spiro atoms. The van der Waals surface area contributed by atoms with Gasteiger partial charge in [0.2, 0.25) is 10.0 Å². The van der Waals surface area contributed by atoms with Crippen molar-refractivity contribution < 1.29 is 8.42 Å². The molecule has 9 nitrogen and oxygen atoms in total. The van der Waals surface area contributed by atoms with E-state index in [0.717, 1.165) is 28.2 Å². The highest BCUT2D eigenvalue weighted by Crippen LogP contribution is 2.29. The van der Waals surface area contributed by atoms with E-state index in [-0.39, 0.29) is 10.9 Å². The van der Waals surface area contributed by atoms with E-state index in [0.29, 0.717) is 36.7 Å². The van der Waals surface area contributed by atoms with Crippen LogP contribution in [-0.2, 0) is 10.0 Å². The molecule has 0 bridgehead atoms. The summed E-state index contributed by atoms with van der Waals surface area (Å²) in [6, 6.07) is 9.60. The summed E-state index contributed by atoms with van der Waals surface area (Å²) in [6.07, 6.45) is 3.06. The van der Waals surface area contributed by atoms with Crippen molar-refractivity contribution in [2.45, 2.75) is 25.8 Å². The van der Waals surface area contributed by atoms with Gasteiger partial charge in [0.15, 0.2) is 5.65 Å². The molecule has 4 rings (SSSR count). The quantitative estimate of drug-likeness (QED) is 0.295. The van der Waals surface area contributed by atoms with Gasteiger partial charge in [-0.05, 0) is 31.3 Å². The lowest BCUT2D eigenvalue weighted by Gasteiger charge is -2.32. The Morgan fingerprint density at radius 1 is 1.29 bits per heavy atom. The van der Waals surface area contributed by atoms with E-state index in [4.69, 9.17) is 16.6 Å². The molecule has 12 heteroatoms. The van der Waals surface area contributed by atoms with Gasteiger partial charge in [-0.25, -0.2) is 13.4 Å². The first-order valence-electron chi connectivity index (χ1n) is 11.4. The van der Waals surface area contributed by atoms with Crippen LogP contribution in [0.2, 0.25) is 5.02 Å². The zero-order chi connectivity index (χ0) is 25.3. The number of fused-ring (bicyclic) bond motifs is 1. The number of hydrogen-bond donors (Lipinski definition) is 1. The van der Waals surface area contributed by atoms with Gasteiger partial charge in [0.25, 0.3) is 0 Å². The van der Waals surface area contributed by atoms with Crippen LogP contribution in [0.5, 0.6) is 0 Å². The fourth-order valence-electron chi connectivity index (χ4n) is 4.13. The fourth-order valence-corrected chi connectivity index (χ4v) is 5.78. The summed E-state index contributed by atoms with van der Waals surface area (Å²) >= 11 is 6.44. The number of benzene rings is 1. The molecule has 1 aliphatic rings. The van der Waals surface area contributed by atoms with Gasteiger partial charge in [-0.2, -0.15) is 19.0 Å². The molecule has 0 unspecified atom stereocenters. The maximum absolute atomic E-state index is 13.1. The molecule has 1 fully saturated rings.